The number of nitrogens with one attached hydrogen (secondary N) is 1. The molecule has 162 valence electrons. The zero-order chi connectivity index (χ0) is 22.7. The van der Waals surface area contributed by atoms with Gasteiger partial charge in [-0.1, -0.05) is 24.3 Å². The Morgan fingerprint density at radius 2 is 1.78 bits per heavy atom. The molecule has 0 atom stereocenters. The summed E-state index contributed by atoms with van der Waals surface area (Å²) >= 11 is 0. The highest BCUT2D eigenvalue weighted by Gasteiger charge is 2.19. The second-order valence-corrected chi connectivity index (χ2v) is 8.32. The molecule has 2 aromatic carbocycles. The molecule has 2 amide bonds. The number of hydrogen-bond acceptors (Lipinski definition) is 3. The average Bonchev–Trinajstić information content (AvgIpc) is 3.40. The van der Waals surface area contributed by atoms with E-state index >= 15 is 0 Å². The number of para-hydroxylation sites is 1. The van der Waals surface area contributed by atoms with Crippen LogP contribution in [0.2, 0.25) is 0 Å². The van der Waals surface area contributed by atoms with Crippen molar-refractivity contribution in [3.05, 3.63) is 70.9 Å². The number of carbonyl (C=O) groups excluding carboxylic acids is 2. The van der Waals surface area contributed by atoms with Crippen molar-refractivity contribution in [3.8, 4) is 6.07 Å². The van der Waals surface area contributed by atoms with Gasteiger partial charge in [0.1, 0.15) is 18.2 Å². The van der Waals surface area contributed by atoms with Crippen LogP contribution in [0.15, 0.2) is 54.2 Å². The lowest BCUT2D eigenvalue weighted by Crippen LogP contribution is -2.30. The SMILES string of the molecule is Cc1cc(C)cc(NC(=O)/C(C#N)=C/c2cn(CC(=O)N3CCCC3)c3ccccc23)c1. The van der Waals surface area contributed by atoms with Gasteiger partial charge in [-0.15, -0.1) is 0 Å². The Morgan fingerprint density at radius 3 is 2.47 bits per heavy atom. The summed E-state index contributed by atoms with van der Waals surface area (Å²) in [5, 5.41) is 13.4. The number of nitrogens with zero attached hydrogens (tertiary/aromatic N) is 3. The molecule has 4 rings (SSSR count). The molecule has 1 aliphatic heterocycles. The normalized spacial score (nSPS) is 13.9. The van der Waals surface area contributed by atoms with Crippen molar-refractivity contribution in [1.29, 1.82) is 5.26 Å². The monoisotopic (exact) mass is 426 g/mol. The number of anilines is 1. The quantitative estimate of drug-likeness (QED) is 0.484. The molecule has 6 nitrogen and oxygen atoms in total. The molecule has 0 aliphatic carbocycles. The molecule has 1 N–H and O–H groups in total. The number of amides is 2. The van der Waals surface area contributed by atoms with E-state index < -0.39 is 5.91 Å². The van der Waals surface area contributed by atoms with Crippen LogP contribution in [0.5, 0.6) is 0 Å². The molecule has 1 aliphatic rings. The molecule has 0 bridgehead atoms. The first-order valence-electron chi connectivity index (χ1n) is 10.8. The van der Waals surface area contributed by atoms with E-state index in [2.05, 4.69) is 5.32 Å². The first kappa shape index (κ1) is 21.4. The maximum Gasteiger partial charge on any atom is 0.266 e. The molecule has 1 saturated heterocycles. The van der Waals surface area contributed by atoms with Gasteiger partial charge < -0.3 is 14.8 Å². The number of likely N-dealkylation sites (tertiary alicyclic amines) is 1. The Labute approximate surface area is 187 Å². The van der Waals surface area contributed by atoms with E-state index in [1.54, 1.807) is 6.08 Å². The van der Waals surface area contributed by atoms with Crippen LogP contribution < -0.4 is 5.32 Å². The highest BCUT2D eigenvalue weighted by Crippen LogP contribution is 2.25. The van der Waals surface area contributed by atoms with Crippen LogP contribution in [0.4, 0.5) is 5.69 Å². The Morgan fingerprint density at radius 1 is 1.09 bits per heavy atom. The van der Waals surface area contributed by atoms with E-state index in [0.717, 1.165) is 53.5 Å². The lowest BCUT2D eigenvalue weighted by molar-refractivity contribution is -0.130. The summed E-state index contributed by atoms with van der Waals surface area (Å²) in [5.74, 6) is -0.366. The van der Waals surface area contributed by atoms with Crippen molar-refractivity contribution >= 4 is 34.5 Å². The molecule has 3 aromatic rings. The second kappa shape index (κ2) is 9.11. The van der Waals surface area contributed by atoms with E-state index in [-0.39, 0.29) is 18.0 Å². The van der Waals surface area contributed by atoms with Gasteiger partial charge in [0.25, 0.3) is 5.91 Å². The predicted molar refractivity (Wildman–Crippen MR) is 126 cm³/mol. The van der Waals surface area contributed by atoms with Gasteiger partial charge in [0.2, 0.25) is 5.91 Å². The minimum absolute atomic E-state index is 0.0120. The summed E-state index contributed by atoms with van der Waals surface area (Å²) in [6.07, 6.45) is 5.54. The van der Waals surface area contributed by atoms with E-state index in [4.69, 9.17) is 0 Å². The largest absolute Gasteiger partial charge is 0.341 e. The number of fused-ring (bicyclic) bond motifs is 1. The minimum Gasteiger partial charge on any atom is -0.341 e. The van der Waals surface area contributed by atoms with Crippen LogP contribution in [-0.4, -0.2) is 34.4 Å². The van der Waals surface area contributed by atoms with Crippen molar-refractivity contribution < 1.29 is 9.59 Å². The summed E-state index contributed by atoms with van der Waals surface area (Å²) in [4.78, 5) is 27.4. The average molecular weight is 427 g/mol. The zero-order valence-electron chi connectivity index (χ0n) is 18.4. The molecule has 0 radical (unpaired) electrons. The van der Waals surface area contributed by atoms with Gasteiger partial charge >= 0.3 is 0 Å². The number of carbonyl (C=O) groups is 2. The fourth-order valence-electron chi connectivity index (χ4n) is 4.28. The fourth-order valence-corrected chi connectivity index (χ4v) is 4.28. The molecule has 0 saturated carbocycles. The van der Waals surface area contributed by atoms with Gasteiger partial charge in [-0.3, -0.25) is 9.59 Å². The maximum atomic E-state index is 12.8. The summed E-state index contributed by atoms with van der Waals surface area (Å²) in [6, 6.07) is 15.5. The Kier molecular flexibility index (Phi) is 6.09. The molecular formula is C26H26N4O2. The number of aromatic nitrogens is 1. The third-order valence-electron chi connectivity index (χ3n) is 5.73. The number of hydrogen-bond donors (Lipinski definition) is 1. The maximum absolute atomic E-state index is 12.8. The van der Waals surface area contributed by atoms with E-state index in [1.165, 1.54) is 0 Å². The minimum atomic E-state index is -0.456. The molecular weight excluding hydrogens is 400 g/mol. The molecule has 6 heteroatoms. The van der Waals surface area contributed by atoms with Crippen LogP contribution in [-0.2, 0) is 16.1 Å². The van der Waals surface area contributed by atoms with Gasteiger partial charge in [0.15, 0.2) is 0 Å². The lowest BCUT2D eigenvalue weighted by atomic mass is 10.1. The Balaban J connectivity index is 1.63. The summed E-state index contributed by atoms with van der Waals surface area (Å²) in [6.45, 7) is 5.78. The number of nitriles is 1. The van der Waals surface area contributed by atoms with E-state index in [9.17, 15) is 14.9 Å². The van der Waals surface area contributed by atoms with Crippen LogP contribution >= 0.6 is 0 Å². The number of aryl methyl sites for hydroxylation is 2. The summed E-state index contributed by atoms with van der Waals surface area (Å²) < 4.78 is 1.90. The highest BCUT2D eigenvalue weighted by atomic mass is 16.2. The van der Waals surface area contributed by atoms with Gasteiger partial charge in [0, 0.05) is 41.4 Å². The number of rotatable bonds is 5. The lowest BCUT2D eigenvalue weighted by Gasteiger charge is -2.15. The van der Waals surface area contributed by atoms with Gasteiger partial charge in [-0.25, -0.2) is 0 Å². The highest BCUT2D eigenvalue weighted by molar-refractivity contribution is 6.10. The molecule has 1 fully saturated rings. The Hall–Kier alpha value is -3.85. The van der Waals surface area contributed by atoms with Crippen molar-refractivity contribution in [2.24, 2.45) is 0 Å². The third kappa shape index (κ3) is 4.57. The van der Waals surface area contributed by atoms with Crippen LogP contribution in [0.3, 0.4) is 0 Å². The van der Waals surface area contributed by atoms with Crippen molar-refractivity contribution in [2.45, 2.75) is 33.2 Å². The molecule has 2 heterocycles. The predicted octanol–water partition coefficient (Wildman–Crippen LogP) is 4.43. The van der Waals surface area contributed by atoms with E-state index in [1.807, 2.05) is 78.0 Å². The molecule has 1 aromatic heterocycles. The summed E-state index contributed by atoms with van der Waals surface area (Å²) in [5.41, 5.74) is 4.38. The van der Waals surface area contributed by atoms with Crippen LogP contribution in [0, 0.1) is 25.2 Å². The Bertz CT molecular complexity index is 1240. The topological polar surface area (TPSA) is 78.1 Å². The zero-order valence-corrected chi connectivity index (χ0v) is 18.4. The standard InChI is InChI=1S/C26H26N4O2/c1-18-11-19(2)13-22(12-18)28-26(32)20(15-27)14-21-16-30(24-8-4-3-7-23(21)24)17-25(31)29-9-5-6-10-29/h3-4,7-8,11-14,16H,5-6,9-10,17H2,1-2H3,(H,28,32)/b20-14+. The van der Waals surface area contributed by atoms with Crippen molar-refractivity contribution in [3.63, 3.8) is 0 Å². The first-order valence-corrected chi connectivity index (χ1v) is 10.8. The fraction of sp³-hybridized carbons (Fsp3) is 0.269. The van der Waals surface area contributed by atoms with Gasteiger partial charge in [-0.05, 0) is 62.1 Å². The molecule has 32 heavy (non-hydrogen) atoms. The van der Waals surface area contributed by atoms with Crippen LogP contribution in [0.25, 0.3) is 17.0 Å². The van der Waals surface area contributed by atoms with Gasteiger partial charge in [0.05, 0.1) is 0 Å². The molecule has 0 unspecified atom stereocenters. The van der Waals surface area contributed by atoms with Crippen LogP contribution in [0.1, 0.15) is 29.5 Å². The molecule has 0 spiro atoms. The third-order valence-corrected chi connectivity index (χ3v) is 5.73. The number of benzene rings is 2. The van der Waals surface area contributed by atoms with E-state index in [0.29, 0.717) is 5.69 Å². The first-order chi connectivity index (χ1) is 15.4. The smallest absolute Gasteiger partial charge is 0.266 e. The summed E-state index contributed by atoms with van der Waals surface area (Å²) in [7, 11) is 0. The second-order valence-electron chi connectivity index (χ2n) is 8.32. The van der Waals surface area contributed by atoms with Crippen molar-refractivity contribution in [1.82, 2.24) is 9.47 Å². The van der Waals surface area contributed by atoms with Gasteiger partial charge in [-0.2, -0.15) is 5.26 Å². The van der Waals surface area contributed by atoms with Crippen molar-refractivity contribution in [2.75, 3.05) is 18.4 Å².